The number of carbonyl (C=O) groups is 2. The van der Waals surface area contributed by atoms with Crippen molar-refractivity contribution in [2.75, 3.05) is 31.3 Å². The van der Waals surface area contributed by atoms with Crippen molar-refractivity contribution in [3.63, 3.8) is 0 Å². The van der Waals surface area contributed by atoms with E-state index in [1.54, 1.807) is 42.6 Å². The number of carbonyl (C=O) groups excluding carboxylic acids is 2. The molecule has 1 aromatic carbocycles. The summed E-state index contributed by atoms with van der Waals surface area (Å²) in [6.45, 7) is 0.906. The second-order valence-electron chi connectivity index (χ2n) is 9.36. The van der Waals surface area contributed by atoms with Gasteiger partial charge in [-0.15, -0.1) is 0 Å². The van der Waals surface area contributed by atoms with Crippen LogP contribution in [0.5, 0.6) is 0 Å². The van der Waals surface area contributed by atoms with Crippen molar-refractivity contribution >= 4 is 29.0 Å². The molecule has 0 bridgehead atoms. The number of methoxy groups -OCH3 is 1. The number of ether oxygens (including phenoxy) is 1. The molecule has 41 heavy (non-hydrogen) atoms. The van der Waals surface area contributed by atoms with Gasteiger partial charge in [0.05, 0.1) is 18.2 Å². The van der Waals surface area contributed by atoms with Crippen LogP contribution in [0.1, 0.15) is 40.6 Å². The maximum absolute atomic E-state index is 13.0. The number of rotatable bonds is 7. The summed E-state index contributed by atoms with van der Waals surface area (Å²) in [5, 5.41) is 2.39. The van der Waals surface area contributed by atoms with Crippen LogP contribution < -0.4 is 11.1 Å². The zero-order valence-electron chi connectivity index (χ0n) is 21.9. The molecule has 1 fully saturated rings. The molecule has 0 spiro atoms. The highest BCUT2D eigenvalue weighted by molar-refractivity contribution is 6.04. The van der Waals surface area contributed by atoms with Gasteiger partial charge in [-0.3, -0.25) is 14.0 Å². The number of pyridine rings is 1. The molecule has 10 nitrogen and oxygen atoms in total. The fourth-order valence-corrected chi connectivity index (χ4v) is 4.81. The van der Waals surface area contributed by atoms with Gasteiger partial charge >= 0.3 is 6.18 Å². The van der Waals surface area contributed by atoms with Gasteiger partial charge in [-0.05, 0) is 37.1 Å². The number of benzene rings is 1. The van der Waals surface area contributed by atoms with Crippen LogP contribution in [0.2, 0.25) is 0 Å². The third kappa shape index (κ3) is 5.75. The van der Waals surface area contributed by atoms with Gasteiger partial charge in [0.2, 0.25) is 5.91 Å². The quantitative estimate of drug-likeness (QED) is 0.316. The number of fused-ring (bicyclic) bond motifs is 1. The number of nitrogens with two attached hydrogens (primary N) is 1. The van der Waals surface area contributed by atoms with E-state index in [1.807, 2.05) is 4.40 Å². The van der Waals surface area contributed by atoms with Gasteiger partial charge < -0.3 is 20.7 Å². The van der Waals surface area contributed by atoms with E-state index in [0.717, 1.165) is 24.8 Å². The lowest BCUT2D eigenvalue weighted by atomic mass is 10.1. The molecule has 0 aliphatic carbocycles. The third-order valence-corrected chi connectivity index (χ3v) is 6.72. The normalized spacial score (nSPS) is 15.6. The Morgan fingerprint density at radius 1 is 1.17 bits per heavy atom. The SMILES string of the molecule is COCC=CC(=O)N1CCC[C@H]1c1nc(-c2ccc(C(=O)Nc3cc(C(F)(F)F)ccn3)cc2)c2c(N)nccn12. The summed E-state index contributed by atoms with van der Waals surface area (Å²) in [5.41, 5.74) is 7.26. The first-order chi connectivity index (χ1) is 19.7. The molecule has 0 saturated carbocycles. The number of hydrogen-bond acceptors (Lipinski definition) is 7. The van der Waals surface area contributed by atoms with E-state index in [9.17, 15) is 22.8 Å². The number of imidazole rings is 1. The van der Waals surface area contributed by atoms with Gasteiger partial charge in [0.1, 0.15) is 28.7 Å². The van der Waals surface area contributed by atoms with Crippen LogP contribution >= 0.6 is 0 Å². The number of amides is 2. The van der Waals surface area contributed by atoms with Crippen LogP contribution in [0.4, 0.5) is 24.8 Å². The van der Waals surface area contributed by atoms with E-state index < -0.39 is 17.6 Å². The summed E-state index contributed by atoms with van der Waals surface area (Å²) < 4.78 is 45.8. The number of hydrogen-bond donors (Lipinski definition) is 2. The molecule has 5 rings (SSSR count). The molecule has 2 amide bonds. The molecule has 4 aromatic rings. The highest BCUT2D eigenvalue weighted by atomic mass is 19.4. The molecular weight excluding hydrogens is 539 g/mol. The van der Waals surface area contributed by atoms with E-state index in [-0.39, 0.29) is 29.1 Å². The molecule has 3 aromatic heterocycles. The molecule has 1 aliphatic heterocycles. The topological polar surface area (TPSA) is 128 Å². The van der Waals surface area contributed by atoms with E-state index in [4.69, 9.17) is 15.5 Å². The highest BCUT2D eigenvalue weighted by Gasteiger charge is 2.33. The minimum atomic E-state index is -4.56. The molecule has 3 N–H and O–H groups in total. The number of nitrogen functional groups attached to an aromatic ring is 1. The number of alkyl halides is 3. The van der Waals surface area contributed by atoms with Gasteiger partial charge in [-0.1, -0.05) is 18.2 Å². The number of likely N-dealkylation sites (tertiary alicyclic amines) is 1. The Morgan fingerprint density at radius 3 is 2.68 bits per heavy atom. The van der Waals surface area contributed by atoms with Crippen molar-refractivity contribution in [3.05, 3.63) is 84.1 Å². The fourth-order valence-electron chi connectivity index (χ4n) is 4.81. The first kappa shape index (κ1) is 27.8. The monoisotopic (exact) mass is 565 g/mol. The van der Waals surface area contributed by atoms with Crippen molar-refractivity contribution in [3.8, 4) is 11.3 Å². The van der Waals surface area contributed by atoms with E-state index in [2.05, 4.69) is 15.3 Å². The van der Waals surface area contributed by atoms with Gasteiger partial charge in [0.15, 0.2) is 0 Å². The molecule has 0 radical (unpaired) electrons. The Kier molecular flexibility index (Phi) is 7.70. The number of nitrogens with one attached hydrogen (secondary N) is 1. The standard InChI is InChI=1S/C28H26F3N7O3/c1-41-15-3-5-22(39)37-13-2-4-20(37)26-36-23(24-25(32)34-12-14-38(24)26)17-6-8-18(9-7-17)27(40)35-21-16-19(10-11-33-21)28(29,30)31/h3,5-12,14,16,20H,2,4,13,15H2,1H3,(H2,32,34)(H,33,35,40)/t20-/m0/s1. The molecular formula is C28H26F3N7O3. The molecule has 4 heterocycles. The second-order valence-corrected chi connectivity index (χ2v) is 9.36. The van der Waals surface area contributed by atoms with Crippen LogP contribution in [-0.2, 0) is 15.7 Å². The summed E-state index contributed by atoms with van der Waals surface area (Å²) >= 11 is 0. The average Bonchev–Trinajstić information content (AvgIpc) is 3.59. The summed E-state index contributed by atoms with van der Waals surface area (Å²) in [4.78, 5) is 40.3. The van der Waals surface area contributed by atoms with Crippen LogP contribution in [0.25, 0.3) is 16.8 Å². The van der Waals surface area contributed by atoms with E-state index in [1.165, 1.54) is 18.2 Å². The predicted octanol–water partition coefficient (Wildman–Crippen LogP) is 4.51. The lowest BCUT2D eigenvalue weighted by Crippen LogP contribution is -2.30. The predicted molar refractivity (Wildman–Crippen MR) is 145 cm³/mol. The van der Waals surface area contributed by atoms with Crippen LogP contribution in [0.3, 0.4) is 0 Å². The van der Waals surface area contributed by atoms with Crippen molar-refractivity contribution in [2.24, 2.45) is 0 Å². The Labute approximate surface area is 232 Å². The lowest BCUT2D eigenvalue weighted by Gasteiger charge is -2.22. The number of aromatic nitrogens is 4. The van der Waals surface area contributed by atoms with Crippen molar-refractivity contribution < 1.29 is 27.5 Å². The Bertz CT molecular complexity index is 1620. The average molecular weight is 566 g/mol. The van der Waals surface area contributed by atoms with E-state index >= 15 is 0 Å². The van der Waals surface area contributed by atoms with Gasteiger partial charge in [0.25, 0.3) is 5.91 Å². The second kappa shape index (κ2) is 11.4. The van der Waals surface area contributed by atoms with Crippen molar-refractivity contribution in [1.29, 1.82) is 0 Å². The number of anilines is 2. The minimum absolute atomic E-state index is 0.143. The first-order valence-corrected chi connectivity index (χ1v) is 12.7. The maximum Gasteiger partial charge on any atom is 0.416 e. The molecule has 212 valence electrons. The Balaban J connectivity index is 1.43. The summed E-state index contributed by atoms with van der Waals surface area (Å²) in [5.74, 6) is -0.107. The van der Waals surface area contributed by atoms with Crippen LogP contribution in [0.15, 0.2) is 67.1 Å². The minimum Gasteiger partial charge on any atom is -0.382 e. The molecule has 1 atom stereocenters. The van der Waals surface area contributed by atoms with Gasteiger partial charge in [0, 0.05) is 49.4 Å². The first-order valence-electron chi connectivity index (χ1n) is 12.7. The van der Waals surface area contributed by atoms with E-state index in [0.29, 0.717) is 42.2 Å². The Hall–Kier alpha value is -4.78. The molecule has 1 aliphatic rings. The van der Waals surface area contributed by atoms with Crippen LogP contribution in [-0.4, -0.2) is 56.3 Å². The Morgan fingerprint density at radius 2 is 1.95 bits per heavy atom. The molecule has 1 saturated heterocycles. The van der Waals surface area contributed by atoms with Crippen molar-refractivity contribution in [1.82, 2.24) is 24.3 Å². The molecule has 0 unspecified atom stereocenters. The smallest absolute Gasteiger partial charge is 0.382 e. The number of nitrogens with zero attached hydrogens (tertiary/aromatic N) is 5. The lowest BCUT2D eigenvalue weighted by molar-refractivity contribution is -0.137. The summed E-state index contributed by atoms with van der Waals surface area (Å²) in [6.07, 6.45) is 4.40. The molecule has 13 heteroatoms. The summed E-state index contributed by atoms with van der Waals surface area (Å²) in [7, 11) is 1.55. The zero-order valence-corrected chi connectivity index (χ0v) is 21.9. The number of halogens is 3. The van der Waals surface area contributed by atoms with Gasteiger partial charge in [-0.2, -0.15) is 13.2 Å². The van der Waals surface area contributed by atoms with Gasteiger partial charge in [-0.25, -0.2) is 15.0 Å². The summed E-state index contributed by atoms with van der Waals surface area (Å²) in [6, 6.07) is 7.70. The third-order valence-electron chi connectivity index (χ3n) is 6.72. The highest BCUT2D eigenvalue weighted by Crippen LogP contribution is 2.36. The fraction of sp³-hybridized carbons (Fsp3) is 0.250. The maximum atomic E-state index is 13.0. The van der Waals surface area contributed by atoms with Crippen molar-refractivity contribution in [2.45, 2.75) is 25.1 Å². The zero-order chi connectivity index (χ0) is 29.1. The van der Waals surface area contributed by atoms with Crippen LogP contribution in [0, 0.1) is 0 Å². The largest absolute Gasteiger partial charge is 0.416 e.